The number of carbonyl (C=O) groups is 2. The maximum absolute atomic E-state index is 11.8. The molecule has 1 aliphatic heterocycles. The summed E-state index contributed by atoms with van der Waals surface area (Å²) in [6, 6.07) is 14.2. The normalized spacial score (nSPS) is 16.5. The molecule has 1 atom stereocenters. The fourth-order valence-corrected chi connectivity index (χ4v) is 2.60. The van der Waals surface area contributed by atoms with Crippen molar-refractivity contribution in [3.05, 3.63) is 59.7 Å². The van der Waals surface area contributed by atoms with Gasteiger partial charge in [0.05, 0.1) is 7.11 Å². The first-order valence-corrected chi connectivity index (χ1v) is 7.61. The zero-order chi connectivity index (χ0) is 16.9. The Morgan fingerprint density at radius 3 is 2.50 bits per heavy atom. The average molecular weight is 326 g/mol. The second-order valence-electron chi connectivity index (χ2n) is 5.44. The second-order valence-corrected chi connectivity index (χ2v) is 5.44. The molecule has 0 radical (unpaired) electrons. The number of rotatable bonds is 6. The van der Waals surface area contributed by atoms with Gasteiger partial charge in [0.2, 0.25) is 0 Å². The van der Waals surface area contributed by atoms with E-state index >= 15 is 0 Å². The van der Waals surface area contributed by atoms with E-state index in [9.17, 15) is 9.59 Å². The first-order chi connectivity index (χ1) is 11.7. The van der Waals surface area contributed by atoms with Gasteiger partial charge in [0, 0.05) is 12.0 Å². The van der Waals surface area contributed by atoms with Crippen molar-refractivity contribution in [1.82, 2.24) is 10.6 Å². The first kappa shape index (κ1) is 15.9. The van der Waals surface area contributed by atoms with E-state index in [1.807, 2.05) is 42.5 Å². The van der Waals surface area contributed by atoms with Gasteiger partial charge in [0.15, 0.2) is 11.5 Å². The van der Waals surface area contributed by atoms with Crippen molar-refractivity contribution in [2.45, 2.75) is 19.1 Å². The van der Waals surface area contributed by atoms with Crippen LogP contribution in [0.4, 0.5) is 4.79 Å². The van der Waals surface area contributed by atoms with Gasteiger partial charge in [0.1, 0.15) is 12.6 Å². The lowest BCUT2D eigenvalue weighted by molar-refractivity contribution is -0.120. The number of para-hydroxylation sites is 1. The summed E-state index contributed by atoms with van der Waals surface area (Å²) in [5.74, 6) is 0.836. The summed E-state index contributed by atoms with van der Waals surface area (Å²) in [7, 11) is 1.57. The zero-order valence-corrected chi connectivity index (χ0v) is 13.2. The third-order valence-corrected chi connectivity index (χ3v) is 3.79. The van der Waals surface area contributed by atoms with E-state index in [0.29, 0.717) is 24.5 Å². The highest BCUT2D eigenvalue weighted by molar-refractivity contribution is 6.04. The SMILES string of the molecule is COc1cccc(C[C@@H]2NC(=O)NC2=O)c1OCc1ccccc1. The molecule has 0 aliphatic carbocycles. The van der Waals surface area contributed by atoms with Crippen LogP contribution in [-0.2, 0) is 17.8 Å². The molecule has 0 spiro atoms. The largest absolute Gasteiger partial charge is 0.493 e. The number of ether oxygens (including phenoxy) is 2. The molecule has 0 unspecified atom stereocenters. The van der Waals surface area contributed by atoms with Gasteiger partial charge in [-0.1, -0.05) is 42.5 Å². The lowest BCUT2D eigenvalue weighted by atomic mass is 10.0. The van der Waals surface area contributed by atoms with E-state index in [0.717, 1.165) is 11.1 Å². The molecule has 3 amide bonds. The molecule has 6 heteroatoms. The van der Waals surface area contributed by atoms with Crippen LogP contribution in [0.3, 0.4) is 0 Å². The minimum absolute atomic E-state index is 0.332. The van der Waals surface area contributed by atoms with Crippen LogP contribution in [-0.4, -0.2) is 25.1 Å². The van der Waals surface area contributed by atoms with E-state index in [1.165, 1.54) is 0 Å². The minimum atomic E-state index is -0.608. The van der Waals surface area contributed by atoms with Crippen LogP contribution in [0.2, 0.25) is 0 Å². The Hall–Kier alpha value is -3.02. The van der Waals surface area contributed by atoms with E-state index in [4.69, 9.17) is 9.47 Å². The summed E-state index contributed by atoms with van der Waals surface area (Å²) in [4.78, 5) is 23.0. The number of hydrogen-bond acceptors (Lipinski definition) is 4. The molecule has 24 heavy (non-hydrogen) atoms. The van der Waals surface area contributed by atoms with Crippen molar-refractivity contribution in [1.29, 1.82) is 0 Å². The maximum atomic E-state index is 11.8. The molecule has 1 saturated heterocycles. The molecule has 0 bridgehead atoms. The number of carbonyl (C=O) groups excluding carboxylic acids is 2. The molecule has 124 valence electrons. The van der Waals surface area contributed by atoms with Gasteiger partial charge >= 0.3 is 6.03 Å². The van der Waals surface area contributed by atoms with Gasteiger partial charge in [-0.15, -0.1) is 0 Å². The van der Waals surface area contributed by atoms with Gasteiger partial charge in [0.25, 0.3) is 5.91 Å². The van der Waals surface area contributed by atoms with E-state index in [1.54, 1.807) is 13.2 Å². The van der Waals surface area contributed by atoms with Crippen LogP contribution < -0.4 is 20.1 Å². The molecule has 0 aromatic heterocycles. The third-order valence-electron chi connectivity index (χ3n) is 3.79. The first-order valence-electron chi connectivity index (χ1n) is 7.61. The summed E-state index contributed by atoms with van der Waals surface area (Å²) in [5, 5.41) is 4.83. The van der Waals surface area contributed by atoms with Gasteiger partial charge in [-0.25, -0.2) is 4.79 Å². The highest BCUT2D eigenvalue weighted by Crippen LogP contribution is 2.32. The Morgan fingerprint density at radius 1 is 1.04 bits per heavy atom. The third kappa shape index (κ3) is 3.48. The fourth-order valence-electron chi connectivity index (χ4n) is 2.60. The number of imide groups is 1. The Balaban J connectivity index is 1.81. The molecule has 1 heterocycles. The Bertz CT molecular complexity index is 746. The van der Waals surface area contributed by atoms with Crippen LogP contribution >= 0.6 is 0 Å². The molecule has 3 rings (SSSR count). The van der Waals surface area contributed by atoms with E-state index in [2.05, 4.69) is 10.6 Å². The summed E-state index contributed by atoms with van der Waals surface area (Å²) in [6.07, 6.45) is 0.332. The number of nitrogens with one attached hydrogen (secondary N) is 2. The highest BCUT2D eigenvalue weighted by Gasteiger charge is 2.30. The van der Waals surface area contributed by atoms with E-state index < -0.39 is 12.1 Å². The number of benzene rings is 2. The molecule has 1 aliphatic rings. The van der Waals surface area contributed by atoms with E-state index in [-0.39, 0.29) is 5.91 Å². The van der Waals surface area contributed by atoms with Gasteiger partial charge < -0.3 is 14.8 Å². The smallest absolute Gasteiger partial charge is 0.322 e. The van der Waals surface area contributed by atoms with Crippen LogP contribution in [0.1, 0.15) is 11.1 Å². The van der Waals surface area contributed by atoms with Crippen molar-refractivity contribution >= 4 is 11.9 Å². The molecule has 2 aromatic carbocycles. The van der Waals surface area contributed by atoms with Gasteiger partial charge in [-0.3, -0.25) is 10.1 Å². The van der Waals surface area contributed by atoms with Crippen molar-refractivity contribution in [3.8, 4) is 11.5 Å². The number of methoxy groups -OCH3 is 1. The maximum Gasteiger partial charge on any atom is 0.322 e. The second kappa shape index (κ2) is 7.04. The predicted molar refractivity (Wildman–Crippen MR) is 87.9 cm³/mol. The quantitative estimate of drug-likeness (QED) is 0.796. The molecule has 1 fully saturated rings. The fraction of sp³-hybridized carbons (Fsp3) is 0.222. The number of urea groups is 1. The molecular formula is C18H18N2O4. The Morgan fingerprint density at radius 2 is 1.83 bits per heavy atom. The zero-order valence-electron chi connectivity index (χ0n) is 13.2. The molecule has 0 saturated carbocycles. The topological polar surface area (TPSA) is 76.7 Å². The van der Waals surface area contributed by atoms with Crippen molar-refractivity contribution in [2.75, 3.05) is 7.11 Å². The average Bonchev–Trinajstić information content (AvgIpc) is 2.91. The highest BCUT2D eigenvalue weighted by atomic mass is 16.5. The molecule has 2 N–H and O–H groups in total. The van der Waals surface area contributed by atoms with Crippen LogP contribution in [0, 0.1) is 0 Å². The van der Waals surface area contributed by atoms with Crippen LogP contribution in [0.5, 0.6) is 11.5 Å². The van der Waals surface area contributed by atoms with Crippen LogP contribution in [0.15, 0.2) is 48.5 Å². The van der Waals surface area contributed by atoms with Crippen molar-refractivity contribution < 1.29 is 19.1 Å². The minimum Gasteiger partial charge on any atom is -0.493 e. The monoisotopic (exact) mass is 326 g/mol. The summed E-state index contributed by atoms with van der Waals surface area (Å²) in [5.41, 5.74) is 1.83. The summed E-state index contributed by atoms with van der Waals surface area (Å²) in [6.45, 7) is 0.386. The summed E-state index contributed by atoms with van der Waals surface area (Å²) < 4.78 is 11.3. The standard InChI is InChI=1S/C18H18N2O4/c1-23-15-9-5-8-13(10-14-17(21)20-18(22)19-14)16(15)24-11-12-6-3-2-4-7-12/h2-9,14H,10-11H2,1H3,(H2,19,20,21,22)/t14-/m0/s1. The van der Waals surface area contributed by atoms with Gasteiger partial charge in [-0.2, -0.15) is 0 Å². The molecule has 6 nitrogen and oxygen atoms in total. The lowest BCUT2D eigenvalue weighted by Gasteiger charge is -2.16. The lowest BCUT2D eigenvalue weighted by Crippen LogP contribution is -2.31. The predicted octanol–water partition coefficient (Wildman–Crippen LogP) is 2.02. The Kier molecular flexibility index (Phi) is 4.65. The summed E-state index contributed by atoms with van der Waals surface area (Å²) >= 11 is 0. The van der Waals surface area contributed by atoms with Crippen molar-refractivity contribution in [3.63, 3.8) is 0 Å². The Labute approximate surface area is 139 Å². The van der Waals surface area contributed by atoms with Crippen LogP contribution in [0.25, 0.3) is 0 Å². The number of hydrogen-bond donors (Lipinski definition) is 2. The van der Waals surface area contributed by atoms with Crippen molar-refractivity contribution in [2.24, 2.45) is 0 Å². The van der Waals surface area contributed by atoms with Gasteiger partial charge in [-0.05, 0) is 11.6 Å². The molecular weight excluding hydrogens is 308 g/mol. The molecule has 2 aromatic rings. The number of amides is 3.